The monoisotopic (exact) mass is 309 g/mol. The van der Waals surface area contributed by atoms with Crippen molar-refractivity contribution in [3.63, 3.8) is 0 Å². The first-order chi connectivity index (χ1) is 10.1. The maximum atomic E-state index is 12.6. The van der Waals surface area contributed by atoms with Crippen molar-refractivity contribution in [1.82, 2.24) is 9.03 Å². The van der Waals surface area contributed by atoms with Crippen LogP contribution in [0.5, 0.6) is 0 Å². The average Bonchev–Trinajstić information content (AvgIpc) is 2.67. The maximum absolute atomic E-state index is 12.6. The zero-order valence-corrected chi connectivity index (χ0v) is 13.0. The molecule has 1 aliphatic carbocycles. The van der Waals surface area contributed by atoms with Crippen LogP contribution in [0, 0.1) is 0 Å². The first kappa shape index (κ1) is 14.8. The van der Waals surface area contributed by atoms with Crippen molar-refractivity contribution in [2.45, 2.75) is 44.6 Å². The highest BCUT2D eigenvalue weighted by molar-refractivity contribution is 7.87. The van der Waals surface area contributed by atoms with Crippen LogP contribution in [0.2, 0.25) is 0 Å². The van der Waals surface area contributed by atoms with Crippen LogP contribution in [-0.2, 0) is 16.6 Å². The second-order valence-electron chi connectivity index (χ2n) is 5.99. The van der Waals surface area contributed by atoms with E-state index in [9.17, 15) is 8.42 Å². The van der Waals surface area contributed by atoms with E-state index in [1.165, 1.54) is 5.56 Å². The van der Waals surface area contributed by atoms with Crippen molar-refractivity contribution in [2.75, 3.05) is 18.8 Å². The number of rotatable bonds is 3. The Morgan fingerprint density at radius 3 is 2.57 bits per heavy atom. The van der Waals surface area contributed by atoms with Crippen molar-refractivity contribution in [1.29, 1.82) is 0 Å². The van der Waals surface area contributed by atoms with Crippen LogP contribution < -0.4 is 10.5 Å². The molecular formula is C15H23N3O2S. The number of benzene rings is 1. The summed E-state index contributed by atoms with van der Waals surface area (Å²) in [6.45, 7) is 1.27. The van der Waals surface area contributed by atoms with Gasteiger partial charge in [-0.2, -0.15) is 17.4 Å². The summed E-state index contributed by atoms with van der Waals surface area (Å²) in [5.74, 6) is 0. The Bertz CT molecular complexity index is 607. The molecule has 1 unspecified atom stereocenters. The summed E-state index contributed by atoms with van der Waals surface area (Å²) in [5, 5.41) is 0. The molecule has 1 aromatic carbocycles. The smallest absolute Gasteiger partial charge is 0.280 e. The standard InChI is InChI=1S/C15H23N3O2S/c16-13-6-7-14-12(11-13)5-8-15(14)17-21(19,20)18-9-3-1-2-4-10-18/h6-7,11,15,17H,1-5,8-10,16H2. The Balaban J connectivity index is 1.75. The van der Waals surface area contributed by atoms with Gasteiger partial charge >= 0.3 is 0 Å². The van der Waals surface area contributed by atoms with Gasteiger partial charge in [0, 0.05) is 24.8 Å². The summed E-state index contributed by atoms with van der Waals surface area (Å²) in [5.41, 5.74) is 8.77. The van der Waals surface area contributed by atoms with Gasteiger partial charge < -0.3 is 5.73 Å². The van der Waals surface area contributed by atoms with Gasteiger partial charge in [-0.05, 0) is 48.9 Å². The van der Waals surface area contributed by atoms with E-state index in [-0.39, 0.29) is 6.04 Å². The molecule has 0 bridgehead atoms. The van der Waals surface area contributed by atoms with Gasteiger partial charge in [-0.15, -0.1) is 0 Å². The molecule has 2 aliphatic rings. The number of nitrogen functional groups attached to an aromatic ring is 1. The summed E-state index contributed by atoms with van der Waals surface area (Å²) >= 11 is 0. The lowest BCUT2D eigenvalue weighted by molar-refractivity contribution is 0.407. The Morgan fingerprint density at radius 1 is 1.14 bits per heavy atom. The van der Waals surface area contributed by atoms with Gasteiger partial charge in [0.15, 0.2) is 0 Å². The third kappa shape index (κ3) is 3.22. The number of nitrogens with zero attached hydrogens (tertiary/aromatic N) is 1. The molecule has 1 saturated heterocycles. The van der Waals surface area contributed by atoms with Gasteiger partial charge in [-0.3, -0.25) is 0 Å². The molecule has 21 heavy (non-hydrogen) atoms. The Labute approximate surface area is 126 Å². The van der Waals surface area contributed by atoms with E-state index in [1.54, 1.807) is 4.31 Å². The summed E-state index contributed by atoms with van der Waals surface area (Å²) in [6, 6.07) is 5.63. The van der Waals surface area contributed by atoms with E-state index in [1.807, 2.05) is 18.2 Å². The highest BCUT2D eigenvalue weighted by Crippen LogP contribution is 2.33. The molecule has 6 heteroatoms. The van der Waals surface area contributed by atoms with E-state index in [4.69, 9.17) is 5.73 Å². The minimum absolute atomic E-state index is 0.117. The first-order valence-electron chi connectivity index (χ1n) is 7.72. The predicted molar refractivity (Wildman–Crippen MR) is 84.0 cm³/mol. The van der Waals surface area contributed by atoms with Crippen molar-refractivity contribution < 1.29 is 8.42 Å². The number of nitrogens with one attached hydrogen (secondary N) is 1. The Kier molecular flexibility index (Phi) is 4.19. The third-order valence-electron chi connectivity index (χ3n) is 4.44. The van der Waals surface area contributed by atoms with Crippen LogP contribution in [0.15, 0.2) is 18.2 Å². The van der Waals surface area contributed by atoms with Gasteiger partial charge in [0.05, 0.1) is 0 Å². The maximum Gasteiger partial charge on any atom is 0.280 e. The van der Waals surface area contributed by atoms with Crippen molar-refractivity contribution in [3.8, 4) is 0 Å². The first-order valence-corrected chi connectivity index (χ1v) is 9.16. The van der Waals surface area contributed by atoms with Gasteiger partial charge in [0.1, 0.15) is 0 Å². The van der Waals surface area contributed by atoms with Gasteiger partial charge in [0.25, 0.3) is 10.2 Å². The molecule has 0 amide bonds. The fourth-order valence-corrected chi connectivity index (χ4v) is 4.79. The molecule has 3 N–H and O–H groups in total. The summed E-state index contributed by atoms with van der Waals surface area (Å²) in [7, 11) is -3.39. The van der Waals surface area contributed by atoms with Crippen molar-refractivity contribution in [2.24, 2.45) is 0 Å². The molecule has 0 saturated carbocycles. The van der Waals surface area contributed by atoms with E-state index >= 15 is 0 Å². The van der Waals surface area contributed by atoms with Crippen LogP contribution in [0.3, 0.4) is 0 Å². The lowest BCUT2D eigenvalue weighted by Gasteiger charge is -2.23. The highest BCUT2D eigenvalue weighted by Gasteiger charge is 2.30. The number of hydrogen-bond donors (Lipinski definition) is 2. The fourth-order valence-electron chi connectivity index (χ4n) is 3.30. The molecule has 0 spiro atoms. The second kappa shape index (κ2) is 5.94. The molecule has 116 valence electrons. The largest absolute Gasteiger partial charge is 0.399 e. The summed E-state index contributed by atoms with van der Waals surface area (Å²) in [4.78, 5) is 0. The minimum Gasteiger partial charge on any atom is -0.399 e. The molecule has 0 radical (unpaired) electrons. The molecule has 5 nitrogen and oxygen atoms in total. The molecule has 0 aromatic heterocycles. The molecule has 1 atom stereocenters. The normalized spacial score (nSPS) is 23.7. The van der Waals surface area contributed by atoms with Crippen molar-refractivity contribution in [3.05, 3.63) is 29.3 Å². The number of anilines is 1. The predicted octanol–water partition coefficient (Wildman–Crippen LogP) is 1.97. The molecule has 1 fully saturated rings. The third-order valence-corrected chi connectivity index (χ3v) is 6.07. The SMILES string of the molecule is Nc1ccc2c(c1)CCC2NS(=O)(=O)N1CCCCCC1. The van der Waals surface area contributed by atoms with Crippen LogP contribution in [-0.4, -0.2) is 25.8 Å². The molecule has 1 aliphatic heterocycles. The van der Waals surface area contributed by atoms with Crippen LogP contribution in [0.25, 0.3) is 0 Å². The average molecular weight is 309 g/mol. The number of nitrogens with two attached hydrogens (primary N) is 1. The lowest BCUT2D eigenvalue weighted by Crippen LogP contribution is -2.42. The molecule has 1 aromatic rings. The van der Waals surface area contributed by atoms with Gasteiger partial charge in [0.2, 0.25) is 0 Å². The van der Waals surface area contributed by atoms with Crippen LogP contribution >= 0.6 is 0 Å². The molecule has 3 rings (SSSR count). The fraction of sp³-hybridized carbons (Fsp3) is 0.600. The molecule has 1 heterocycles. The summed E-state index contributed by atoms with van der Waals surface area (Å²) in [6.07, 6.45) is 5.85. The quantitative estimate of drug-likeness (QED) is 0.838. The summed E-state index contributed by atoms with van der Waals surface area (Å²) < 4.78 is 29.6. The Morgan fingerprint density at radius 2 is 1.86 bits per heavy atom. The van der Waals surface area contributed by atoms with Gasteiger partial charge in [-0.25, -0.2) is 0 Å². The minimum atomic E-state index is -3.39. The number of aryl methyl sites for hydroxylation is 1. The topological polar surface area (TPSA) is 75.4 Å². The van der Waals surface area contributed by atoms with Crippen LogP contribution in [0.4, 0.5) is 5.69 Å². The van der Waals surface area contributed by atoms with E-state index in [0.29, 0.717) is 13.1 Å². The van der Waals surface area contributed by atoms with Crippen molar-refractivity contribution >= 4 is 15.9 Å². The Hall–Kier alpha value is -1.11. The lowest BCUT2D eigenvalue weighted by atomic mass is 10.1. The van der Waals surface area contributed by atoms with Crippen LogP contribution in [0.1, 0.15) is 49.3 Å². The van der Waals surface area contributed by atoms with E-state index in [0.717, 1.165) is 49.8 Å². The molecular weight excluding hydrogens is 286 g/mol. The van der Waals surface area contributed by atoms with E-state index < -0.39 is 10.2 Å². The zero-order chi connectivity index (χ0) is 14.9. The van der Waals surface area contributed by atoms with Gasteiger partial charge in [-0.1, -0.05) is 18.9 Å². The van der Waals surface area contributed by atoms with E-state index in [2.05, 4.69) is 4.72 Å². The zero-order valence-electron chi connectivity index (χ0n) is 12.2. The highest BCUT2D eigenvalue weighted by atomic mass is 32.2. The second-order valence-corrected chi connectivity index (χ2v) is 7.69. The number of hydrogen-bond acceptors (Lipinski definition) is 3. The number of fused-ring (bicyclic) bond motifs is 1.